The summed E-state index contributed by atoms with van der Waals surface area (Å²) < 4.78 is 12.4. The summed E-state index contributed by atoms with van der Waals surface area (Å²) in [5.41, 5.74) is 1.45. The van der Waals surface area contributed by atoms with Gasteiger partial charge >= 0.3 is 5.97 Å². The predicted octanol–water partition coefficient (Wildman–Crippen LogP) is 5.88. The highest BCUT2D eigenvalue weighted by atomic mass is 35.5. The highest BCUT2D eigenvalue weighted by molar-refractivity contribution is 6.34. The normalized spacial score (nSPS) is 19.2. The largest absolute Gasteiger partial charge is 0.477 e. The van der Waals surface area contributed by atoms with E-state index >= 15 is 0 Å². The molecule has 0 bridgehead atoms. The van der Waals surface area contributed by atoms with Gasteiger partial charge in [-0.25, -0.2) is 0 Å². The van der Waals surface area contributed by atoms with Gasteiger partial charge in [0, 0.05) is 43.7 Å². The highest BCUT2D eigenvalue weighted by Gasteiger charge is 2.40. The Kier molecular flexibility index (Phi) is 9.57. The van der Waals surface area contributed by atoms with Crippen molar-refractivity contribution < 1.29 is 23.9 Å². The van der Waals surface area contributed by atoms with Gasteiger partial charge in [-0.05, 0) is 107 Å². The van der Waals surface area contributed by atoms with Gasteiger partial charge in [0.1, 0.15) is 11.5 Å². The summed E-state index contributed by atoms with van der Waals surface area (Å²) in [7, 11) is 4.23. The molecule has 2 saturated heterocycles. The predicted molar refractivity (Wildman–Crippen MR) is 190 cm³/mol. The molecular formula is C38H45ClN4O5. The van der Waals surface area contributed by atoms with Crippen molar-refractivity contribution in [3.8, 4) is 22.6 Å². The third-order valence-electron chi connectivity index (χ3n) is 9.69. The molecule has 3 aliphatic rings. The molecule has 0 spiro atoms. The van der Waals surface area contributed by atoms with Gasteiger partial charge in [-0.1, -0.05) is 42.4 Å². The van der Waals surface area contributed by atoms with Crippen LogP contribution in [0.3, 0.4) is 0 Å². The summed E-state index contributed by atoms with van der Waals surface area (Å²) in [6.45, 7) is 12.9. The van der Waals surface area contributed by atoms with Crippen molar-refractivity contribution in [2.24, 2.45) is 11.3 Å². The van der Waals surface area contributed by atoms with Crippen LogP contribution >= 0.6 is 11.6 Å². The number of halogens is 1. The van der Waals surface area contributed by atoms with Crippen molar-refractivity contribution in [2.45, 2.75) is 45.8 Å². The lowest BCUT2D eigenvalue weighted by Crippen LogP contribution is -2.58. The second-order valence-electron chi connectivity index (χ2n) is 14.5. The second-order valence-corrected chi connectivity index (χ2v) is 14.9. The van der Waals surface area contributed by atoms with E-state index in [1.807, 2.05) is 63.2 Å². The minimum atomic E-state index is -0.691. The number of esters is 1. The molecule has 0 saturated carbocycles. The third-order valence-corrected chi connectivity index (χ3v) is 10.0. The molecule has 2 amide bonds. The molecule has 48 heavy (non-hydrogen) atoms. The first-order valence-corrected chi connectivity index (χ1v) is 17.1. The molecule has 3 aromatic carbocycles. The Bertz CT molecular complexity index is 1740. The lowest BCUT2D eigenvalue weighted by atomic mass is 9.95. The maximum absolute atomic E-state index is 14.1. The van der Waals surface area contributed by atoms with Crippen LogP contribution in [0.2, 0.25) is 5.02 Å². The molecular weight excluding hydrogens is 628 g/mol. The Morgan fingerprint density at radius 2 is 1.75 bits per heavy atom. The molecule has 10 heteroatoms. The number of carbonyl (C=O) groups is 3. The fraction of sp³-hybridized carbons (Fsp3) is 0.447. The summed E-state index contributed by atoms with van der Waals surface area (Å²) in [5, 5.41) is 2.29. The lowest BCUT2D eigenvalue weighted by Gasteiger charge is -2.44. The monoisotopic (exact) mass is 672 g/mol. The first-order chi connectivity index (χ1) is 22.8. The number of carbonyl (C=O) groups excluding carboxylic acids is 3. The molecule has 3 heterocycles. The van der Waals surface area contributed by atoms with Gasteiger partial charge in [-0.3, -0.25) is 19.3 Å². The fourth-order valence-corrected chi connectivity index (χ4v) is 7.04. The topological polar surface area (TPSA) is 82.6 Å². The molecule has 0 aromatic heterocycles. The summed E-state index contributed by atoms with van der Waals surface area (Å²) in [6.07, 6.45) is 2.70. The minimum Gasteiger partial charge on any atom is -0.477 e. The Labute approximate surface area is 288 Å². The third kappa shape index (κ3) is 6.95. The summed E-state index contributed by atoms with van der Waals surface area (Å²) >= 11 is 7.06. The summed E-state index contributed by atoms with van der Waals surface area (Å²) in [4.78, 5) is 47.2. The van der Waals surface area contributed by atoms with E-state index in [-0.39, 0.29) is 23.7 Å². The number of benzene rings is 3. The number of nitrogens with zero attached hydrogens (tertiary/aromatic N) is 4. The van der Waals surface area contributed by atoms with Crippen molar-refractivity contribution in [1.29, 1.82) is 0 Å². The van der Waals surface area contributed by atoms with Crippen molar-refractivity contribution in [2.75, 3.05) is 58.3 Å². The lowest BCUT2D eigenvalue weighted by molar-refractivity contribution is -0.143. The van der Waals surface area contributed by atoms with Gasteiger partial charge in [-0.15, -0.1) is 0 Å². The molecule has 0 radical (unpaired) electrons. The molecule has 0 N–H and O–H groups in total. The van der Waals surface area contributed by atoms with Crippen LogP contribution in [0.25, 0.3) is 21.9 Å². The van der Waals surface area contributed by atoms with E-state index in [4.69, 9.17) is 21.1 Å². The number of hydrogen-bond acceptors (Lipinski definition) is 7. The first kappa shape index (κ1) is 34.0. The van der Waals surface area contributed by atoms with E-state index in [2.05, 4.69) is 30.5 Å². The zero-order valence-corrected chi connectivity index (χ0v) is 29.3. The highest BCUT2D eigenvalue weighted by Crippen LogP contribution is 2.45. The van der Waals surface area contributed by atoms with Gasteiger partial charge in [0.2, 0.25) is 5.91 Å². The van der Waals surface area contributed by atoms with Crippen LogP contribution < -0.4 is 14.4 Å². The molecule has 1 atom stereocenters. The number of anilines is 1. The van der Waals surface area contributed by atoms with Crippen LogP contribution in [0, 0.1) is 11.3 Å². The van der Waals surface area contributed by atoms with Crippen molar-refractivity contribution in [3.63, 3.8) is 0 Å². The van der Waals surface area contributed by atoms with Gasteiger partial charge < -0.3 is 24.2 Å². The van der Waals surface area contributed by atoms with Gasteiger partial charge in [-0.2, -0.15) is 0 Å². The smallest absolute Gasteiger partial charge is 0.316 e. The van der Waals surface area contributed by atoms with E-state index in [1.165, 1.54) is 6.08 Å². The Hall–Kier alpha value is -3.92. The maximum Gasteiger partial charge on any atom is 0.316 e. The van der Waals surface area contributed by atoms with Crippen molar-refractivity contribution >= 4 is 45.8 Å². The molecule has 3 aliphatic heterocycles. The first-order valence-electron chi connectivity index (χ1n) is 16.7. The molecule has 254 valence electrons. The van der Waals surface area contributed by atoms with Crippen LogP contribution in [0.5, 0.6) is 11.5 Å². The van der Waals surface area contributed by atoms with Crippen LogP contribution in [0.15, 0.2) is 61.2 Å². The second kappa shape index (κ2) is 13.5. The molecule has 1 unspecified atom stereocenters. The maximum atomic E-state index is 14.1. The van der Waals surface area contributed by atoms with E-state index in [9.17, 15) is 14.4 Å². The average molecular weight is 673 g/mol. The zero-order chi connectivity index (χ0) is 34.3. The van der Waals surface area contributed by atoms with Gasteiger partial charge in [0.25, 0.3) is 5.91 Å². The van der Waals surface area contributed by atoms with Crippen LogP contribution in [0.4, 0.5) is 5.69 Å². The Balaban J connectivity index is 1.35. The molecule has 9 nitrogen and oxygen atoms in total. The van der Waals surface area contributed by atoms with Gasteiger partial charge in [0.15, 0.2) is 6.10 Å². The SMILES string of the molecule is C=CC(=O)N1CC(CN2C(=O)C(CN3CCC(N(C)C)CC3)Oc3cc(-c4cc(OC(=O)C(C)(C)C)cc5ccccc45)c(Cl)cc32)C1. The van der Waals surface area contributed by atoms with E-state index in [0.717, 1.165) is 42.3 Å². The number of fused-ring (bicyclic) bond motifs is 2. The Morgan fingerprint density at radius 1 is 1.04 bits per heavy atom. The Morgan fingerprint density at radius 3 is 2.42 bits per heavy atom. The summed E-state index contributed by atoms with van der Waals surface area (Å²) in [5.74, 6) is 0.584. The summed E-state index contributed by atoms with van der Waals surface area (Å²) in [6, 6.07) is 15.8. The number of ether oxygens (including phenoxy) is 2. The van der Waals surface area contributed by atoms with Crippen LogP contribution in [-0.4, -0.2) is 98.0 Å². The van der Waals surface area contributed by atoms with Crippen LogP contribution in [0.1, 0.15) is 33.6 Å². The standard InChI is InChI=1S/C38H45ClN4O5/c1-7-35(44)42-20-24(21-42)22-43-32-19-31(39)30(18-33(32)48-34(36(43)45)23-41-14-12-26(13-15-41)40(5)6)29-17-27(47-37(46)38(2,3)4)16-25-10-8-9-11-28(25)29/h7-11,16-19,24,26,34H,1,12-15,20-23H2,2-6H3. The molecule has 0 aliphatic carbocycles. The average Bonchev–Trinajstić information content (AvgIpc) is 3.03. The van der Waals surface area contributed by atoms with Crippen molar-refractivity contribution in [1.82, 2.24) is 14.7 Å². The zero-order valence-electron chi connectivity index (χ0n) is 28.5. The minimum absolute atomic E-state index is 0.101. The number of hydrogen-bond donors (Lipinski definition) is 0. The molecule has 6 rings (SSSR count). The van der Waals surface area contributed by atoms with Gasteiger partial charge in [0.05, 0.1) is 16.1 Å². The molecule has 2 fully saturated rings. The van der Waals surface area contributed by atoms with E-state index < -0.39 is 11.5 Å². The number of likely N-dealkylation sites (tertiary alicyclic amines) is 2. The fourth-order valence-electron chi connectivity index (χ4n) is 6.78. The van der Waals surface area contributed by atoms with E-state index in [0.29, 0.717) is 60.0 Å². The molecule has 3 aromatic rings. The van der Waals surface area contributed by atoms with E-state index in [1.54, 1.807) is 15.9 Å². The van der Waals surface area contributed by atoms with Crippen molar-refractivity contribution in [3.05, 3.63) is 66.2 Å². The van der Waals surface area contributed by atoms with Crippen LogP contribution in [-0.2, 0) is 14.4 Å². The quantitative estimate of drug-likeness (QED) is 0.168. The number of rotatable bonds is 8. The number of piperidine rings is 1. The number of amides is 2.